The van der Waals surface area contributed by atoms with Crippen molar-refractivity contribution in [1.82, 2.24) is 9.78 Å². The minimum atomic E-state index is -0.337. The first kappa shape index (κ1) is 12.8. The van der Waals surface area contributed by atoms with Crippen molar-refractivity contribution in [2.75, 3.05) is 5.73 Å². The second-order valence-corrected chi connectivity index (χ2v) is 3.58. The number of benzene rings is 1. The highest BCUT2D eigenvalue weighted by Gasteiger charge is 2.07. The molecular weight excluding hydrogens is 252 g/mol. The lowest BCUT2D eigenvalue weighted by molar-refractivity contribution is -0.00000363. The van der Waals surface area contributed by atoms with E-state index in [1.54, 1.807) is 23.0 Å². The number of hydrogen-bond acceptors (Lipinski definition) is 2. The molecule has 6 heteroatoms. The van der Waals surface area contributed by atoms with Gasteiger partial charge in [-0.1, -0.05) is 17.7 Å². The van der Waals surface area contributed by atoms with Crippen LogP contribution in [0.2, 0.25) is 5.02 Å². The van der Waals surface area contributed by atoms with Crippen molar-refractivity contribution in [3.63, 3.8) is 0 Å². The van der Waals surface area contributed by atoms with E-state index in [0.29, 0.717) is 16.3 Å². The third kappa shape index (κ3) is 2.65. The van der Waals surface area contributed by atoms with E-state index in [4.69, 9.17) is 17.3 Å². The highest BCUT2D eigenvalue weighted by Crippen LogP contribution is 2.19. The lowest BCUT2D eigenvalue weighted by atomic mass is 10.2. The number of hydrogen-bond donors (Lipinski definition) is 1. The molecule has 0 unspecified atom stereocenters. The van der Waals surface area contributed by atoms with Gasteiger partial charge in [0, 0.05) is 16.8 Å². The summed E-state index contributed by atoms with van der Waals surface area (Å²) in [5.74, 6) is -0.337. The molecule has 0 bridgehead atoms. The van der Waals surface area contributed by atoms with Gasteiger partial charge in [-0.05, 0) is 12.1 Å². The molecule has 2 aromatic rings. The Labute approximate surface area is 103 Å². The van der Waals surface area contributed by atoms with Gasteiger partial charge in [0.15, 0.2) is 0 Å². The second-order valence-electron chi connectivity index (χ2n) is 3.17. The van der Waals surface area contributed by atoms with Crippen LogP contribution in [0.5, 0.6) is 0 Å². The number of aromatic nitrogens is 2. The molecule has 3 nitrogen and oxygen atoms in total. The highest BCUT2D eigenvalue weighted by molar-refractivity contribution is 6.31. The van der Waals surface area contributed by atoms with Crippen LogP contribution >= 0.6 is 11.6 Å². The lowest BCUT2D eigenvalue weighted by Crippen LogP contribution is -3.00. The normalized spacial score (nSPS) is 9.88. The molecule has 2 N–H and O–H groups in total. The Hall–Kier alpha value is -1.26. The molecule has 1 heterocycles. The number of nitrogens with zero attached hydrogens (tertiary/aromatic N) is 2. The number of halogens is 3. The van der Waals surface area contributed by atoms with Crippen LogP contribution in [-0.2, 0) is 6.54 Å². The molecule has 0 saturated heterocycles. The Balaban J connectivity index is 0.00000128. The fraction of sp³-hybridized carbons (Fsp3) is 0.100. The molecule has 16 heavy (non-hydrogen) atoms. The van der Waals surface area contributed by atoms with E-state index in [1.165, 1.54) is 12.3 Å². The first-order chi connectivity index (χ1) is 7.16. The summed E-state index contributed by atoms with van der Waals surface area (Å²) in [6.07, 6.45) is 3.14. The van der Waals surface area contributed by atoms with Crippen molar-refractivity contribution < 1.29 is 16.8 Å². The van der Waals surface area contributed by atoms with Gasteiger partial charge in [0.05, 0.1) is 18.4 Å². The second kappa shape index (κ2) is 5.18. The summed E-state index contributed by atoms with van der Waals surface area (Å²) in [5.41, 5.74) is 6.46. The molecule has 1 aromatic carbocycles. The molecule has 2 rings (SSSR count). The maximum Gasteiger partial charge on any atom is 0.129 e. The van der Waals surface area contributed by atoms with E-state index in [0.717, 1.165) is 0 Å². The largest absolute Gasteiger partial charge is 1.00 e. The van der Waals surface area contributed by atoms with Gasteiger partial charge in [-0.2, -0.15) is 5.10 Å². The van der Waals surface area contributed by atoms with Gasteiger partial charge in [0.25, 0.3) is 0 Å². The summed E-state index contributed by atoms with van der Waals surface area (Å²) in [6, 6.07) is 4.58. The molecule has 0 fully saturated rings. The van der Waals surface area contributed by atoms with Crippen LogP contribution < -0.4 is 18.1 Å². The van der Waals surface area contributed by atoms with Crippen molar-refractivity contribution in [3.05, 3.63) is 47.0 Å². The zero-order valence-corrected chi connectivity index (χ0v) is 9.71. The molecule has 0 spiro atoms. The van der Waals surface area contributed by atoms with Gasteiger partial charge >= 0.3 is 0 Å². The van der Waals surface area contributed by atoms with Crippen LogP contribution in [0.1, 0.15) is 5.56 Å². The Kier molecular flexibility index (Phi) is 4.15. The molecule has 0 saturated carbocycles. The van der Waals surface area contributed by atoms with E-state index in [1.807, 2.05) is 0 Å². The quantitative estimate of drug-likeness (QED) is 0.777. The predicted octanol–water partition coefficient (Wildman–Crippen LogP) is -0.690. The highest BCUT2D eigenvalue weighted by atomic mass is 35.5. The number of nitrogen functional groups attached to an aromatic ring is 1. The first-order valence-electron chi connectivity index (χ1n) is 4.37. The van der Waals surface area contributed by atoms with E-state index >= 15 is 0 Å². The lowest BCUT2D eigenvalue weighted by Gasteiger charge is -2.05. The Morgan fingerprint density at radius 1 is 1.44 bits per heavy atom. The van der Waals surface area contributed by atoms with Crippen LogP contribution in [0.4, 0.5) is 10.1 Å². The number of rotatable bonds is 2. The maximum atomic E-state index is 13.4. The van der Waals surface area contributed by atoms with Gasteiger partial charge in [-0.3, -0.25) is 4.68 Å². The topological polar surface area (TPSA) is 43.8 Å². The first-order valence-corrected chi connectivity index (χ1v) is 4.75. The van der Waals surface area contributed by atoms with Gasteiger partial charge in [0.1, 0.15) is 5.82 Å². The van der Waals surface area contributed by atoms with Crippen LogP contribution in [0.25, 0.3) is 0 Å². The molecule has 86 valence electrons. The third-order valence-corrected chi connectivity index (χ3v) is 2.39. The van der Waals surface area contributed by atoms with Crippen molar-refractivity contribution in [2.24, 2.45) is 0 Å². The average Bonchev–Trinajstić information content (AvgIpc) is 2.58. The van der Waals surface area contributed by atoms with E-state index < -0.39 is 0 Å². The Morgan fingerprint density at radius 2 is 2.19 bits per heavy atom. The van der Waals surface area contributed by atoms with Crippen molar-refractivity contribution in [1.29, 1.82) is 0 Å². The number of nitrogens with two attached hydrogens (primary N) is 1. The van der Waals surface area contributed by atoms with Crippen LogP contribution in [-0.4, -0.2) is 9.78 Å². The summed E-state index contributed by atoms with van der Waals surface area (Å²) in [6.45, 7) is 0.280. The molecule has 0 atom stereocenters. The molecule has 0 aliphatic carbocycles. The van der Waals surface area contributed by atoms with Crippen molar-refractivity contribution >= 4 is 17.3 Å². The predicted molar refractivity (Wildman–Crippen MR) is 57.2 cm³/mol. The summed E-state index contributed by atoms with van der Waals surface area (Å²) < 4.78 is 14.9. The summed E-state index contributed by atoms with van der Waals surface area (Å²) in [4.78, 5) is 0. The average molecular weight is 261 g/mol. The van der Waals surface area contributed by atoms with Crippen molar-refractivity contribution in [2.45, 2.75) is 6.54 Å². The molecular formula is C10H9Cl2FN3-. The van der Waals surface area contributed by atoms with Gasteiger partial charge in [-0.15, -0.1) is 0 Å². The molecule has 1 aromatic heterocycles. The zero-order chi connectivity index (χ0) is 10.8. The van der Waals surface area contributed by atoms with E-state index in [-0.39, 0.29) is 24.8 Å². The van der Waals surface area contributed by atoms with Crippen molar-refractivity contribution in [3.8, 4) is 0 Å². The maximum absolute atomic E-state index is 13.4. The Bertz CT molecular complexity index is 464. The summed E-state index contributed by atoms with van der Waals surface area (Å²) in [5, 5.41) is 4.35. The molecule has 0 aliphatic heterocycles. The van der Waals surface area contributed by atoms with Gasteiger partial charge in [-0.25, -0.2) is 4.39 Å². The standard InChI is InChI=1S/C10H9ClFN3.ClH/c11-9-2-1-3-10(12)8(9)6-15-5-7(13)4-14-15;/h1-5H,6,13H2;1H/p-1. The molecule has 0 radical (unpaired) electrons. The van der Waals surface area contributed by atoms with E-state index in [2.05, 4.69) is 5.10 Å². The SMILES string of the molecule is Nc1cnn(Cc2c(F)cccc2Cl)c1.[Cl-]. The van der Waals surface area contributed by atoms with Crippen LogP contribution in [0.15, 0.2) is 30.6 Å². The third-order valence-electron chi connectivity index (χ3n) is 2.04. The fourth-order valence-corrected chi connectivity index (χ4v) is 1.53. The molecule has 0 amide bonds. The minimum absolute atomic E-state index is 0. The van der Waals surface area contributed by atoms with E-state index in [9.17, 15) is 4.39 Å². The number of anilines is 1. The minimum Gasteiger partial charge on any atom is -1.00 e. The van der Waals surface area contributed by atoms with Gasteiger partial charge < -0.3 is 18.1 Å². The Morgan fingerprint density at radius 3 is 2.75 bits per heavy atom. The zero-order valence-electron chi connectivity index (χ0n) is 8.20. The fourth-order valence-electron chi connectivity index (χ4n) is 1.31. The van der Waals surface area contributed by atoms with Crippen LogP contribution in [0, 0.1) is 5.82 Å². The van der Waals surface area contributed by atoms with Gasteiger partial charge in [0.2, 0.25) is 0 Å². The summed E-state index contributed by atoms with van der Waals surface area (Å²) >= 11 is 5.87. The summed E-state index contributed by atoms with van der Waals surface area (Å²) in [7, 11) is 0. The monoisotopic (exact) mass is 260 g/mol. The smallest absolute Gasteiger partial charge is 0.129 e. The van der Waals surface area contributed by atoms with Crippen LogP contribution in [0.3, 0.4) is 0 Å². The molecule has 0 aliphatic rings.